The fourth-order valence-electron chi connectivity index (χ4n) is 2.32. The van der Waals surface area contributed by atoms with Crippen LogP contribution in [0.15, 0.2) is 30.5 Å². The number of nitrogens with one attached hydrogen (secondary N) is 2. The lowest BCUT2D eigenvalue weighted by molar-refractivity contribution is -0.146. The molecular weight excluding hydrogens is 264 g/mol. The van der Waals surface area contributed by atoms with Crippen LogP contribution in [0, 0.1) is 5.92 Å². The van der Waals surface area contributed by atoms with Crippen molar-refractivity contribution in [2.24, 2.45) is 5.92 Å². The van der Waals surface area contributed by atoms with Gasteiger partial charge in [-0.1, -0.05) is 32.0 Å². The van der Waals surface area contributed by atoms with E-state index in [-0.39, 0.29) is 12.0 Å². The lowest BCUT2D eigenvalue weighted by Crippen LogP contribution is -2.37. The van der Waals surface area contributed by atoms with Crippen molar-refractivity contribution in [3.63, 3.8) is 0 Å². The van der Waals surface area contributed by atoms with Gasteiger partial charge in [0.15, 0.2) is 0 Å². The van der Waals surface area contributed by atoms with Crippen LogP contribution in [0.1, 0.15) is 25.8 Å². The zero-order valence-electron chi connectivity index (χ0n) is 13.0. The molecule has 2 rings (SSSR count). The lowest BCUT2D eigenvalue weighted by atomic mass is 10.1. The van der Waals surface area contributed by atoms with Crippen molar-refractivity contribution in [1.29, 1.82) is 0 Å². The Morgan fingerprint density at radius 1 is 1.33 bits per heavy atom. The molecule has 1 aromatic carbocycles. The molecule has 0 aliphatic carbocycles. The third kappa shape index (κ3) is 4.08. The summed E-state index contributed by atoms with van der Waals surface area (Å²) in [5.41, 5.74) is 2.22. The van der Waals surface area contributed by atoms with Gasteiger partial charge in [0.1, 0.15) is 6.04 Å². The monoisotopic (exact) mass is 288 g/mol. The minimum atomic E-state index is -0.309. The van der Waals surface area contributed by atoms with Gasteiger partial charge in [-0.15, -0.1) is 0 Å². The highest BCUT2D eigenvalue weighted by Crippen LogP contribution is 2.19. The molecule has 4 nitrogen and oxygen atoms in total. The molecule has 0 saturated heterocycles. The molecule has 1 heterocycles. The van der Waals surface area contributed by atoms with Crippen molar-refractivity contribution in [2.45, 2.75) is 32.7 Å². The molecule has 0 fully saturated rings. The van der Waals surface area contributed by atoms with E-state index >= 15 is 0 Å². The fourth-order valence-corrected chi connectivity index (χ4v) is 2.32. The summed E-state index contributed by atoms with van der Waals surface area (Å²) in [6, 6.07) is 7.80. The fraction of sp³-hybridized carbons (Fsp3) is 0.471. The molecule has 0 aliphatic rings. The molecule has 2 aromatic rings. The Labute approximate surface area is 125 Å². The zero-order valence-corrected chi connectivity index (χ0v) is 13.0. The van der Waals surface area contributed by atoms with E-state index in [2.05, 4.69) is 30.2 Å². The van der Waals surface area contributed by atoms with Gasteiger partial charge in [0, 0.05) is 23.5 Å². The van der Waals surface area contributed by atoms with Crippen LogP contribution in [0.5, 0.6) is 0 Å². The number of carbonyl (C=O) groups is 1. The number of ether oxygens (including phenoxy) is 1. The van der Waals surface area contributed by atoms with E-state index in [0.717, 1.165) is 22.9 Å². The van der Waals surface area contributed by atoms with Gasteiger partial charge in [-0.2, -0.15) is 0 Å². The summed E-state index contributed by atoms with van der Waals surface area (Å²) in [5.74, 6) is 0.364. The van der Waals surface area contributed by atoms with Crippen molar-refractivity contribution in [2.75, 3.05) is 13.7 Å². The molecule has 0 bridgehead atoms. The van der Waals surface area contributed by atoms with Gasteiger partial charge in [-0.05, 0) is 31.0 Å². The minimum absolute atomic E-state index is 0.177. The molecule has 0 spiro atoms. The SMILES string of the molecule is CNC(Cc1c[nH]c2ccccc12)C(=O)OCCC(C)C. The predicted octanol–water partition coefficient (Wildman–Crippen LogP) is 2.89. The van der Waals surface area contributed by atoms with Gasteiger partial charge < -0.3 is 15.0 Å². The first kappa shape index (κ1) is 15.6. The molecule has 1 atom stereocenters. The van der Waals surface area contributed by atoms with Crippen molar-refractivity contribution in [1.82, 2.24) is 10.3 Å². The smallest absolute Gasteiger partial charge is 0.323 e. The average Bonchev–Trinajstić information content (AvgIpc) is 2.87. The summed E-state index contributed by atoms with van der Waals surface area (Å²) >= 11 is 0. The molecular formula is C17H24N2O2. The van der Waals surface area contributed by atoms with Crippen LogP contribution in [0.2, 0.25) is 0 Å². The van der Waals surface area contributed by atoms with Crippen molar-refractivity contribution in [3.8, 4) is 0 Å². The number of esters is 1. The molecule has 0 saturated carbocycles. The van der Waals surface area contributed by atoms with Gasteiger partial charge in [0.25, 0.3) is 0 Å². The summed E-state index contributed by atoms with van der Waals surface area (Å²) in [4.78, 5) is 15.4. The maximum Gasteiger partial charge on any atom is 0.323 e. The van der Waals surface area contributed by atoms with Crippen molar-refractivity contribution in [3.05, 3.63) is 36.0 Å². The van der Waals surface area contributed by atoms with Crippen LogP contribution in [-0.2, 0) is 16.0 Å². The second kappa shape index (κ2) is 7.27. The molecule has 4 heteroatoms. The number of aromatic amines is 1. The highest BCUT2D eigenvalue weighted by Gasteiger charge is 2.20. The Morgan fingerprint density at radius 2 is 2.10 bits per heavy atom. The molecule has 114 valence electrons. The van der Waals surface area contributed by atoms with Crippen molar-refractivity contribution < 1.29 is 9.53 Å². The van der Waals surface area contributed by atoms with Gasteiger partial charge in [0.2, 0.25) is 0 Å². The van der Waals surface area contributed by atoms with Gasteiger partial charge in [-0.3, -0.25) is 4.79 Å². The van der Waals surface area contributed by atoms with E-state index in [9.17, 15) is 4.79 Å². The number of fused-ring (bicyclic) bond motifs is 1. The zero-order chi connectivity index (χ0) is 15.2. The number of rotatable bonds is 7. The number of hydrogen-bond acceptors (Lipinski definition) is 3. The van der Waals surface area contributed by atoms with Crippen LogP contribution in [0.3, 0.4) is 0 Å². The van der Waals surface area contributed by atoms with Crippen LogP contribution in [0.4, 0.5) is 0 Å². The maximum atomic E-state index is 12.1. The second-order valence-electron chi connectivity index (χ2n) is 5.75. The Balaban J connectivity index is 2.00. The first-order valence-corrected chi connectivity index (χ1v) is 7.50. The Bertz CT molecular complexity index is 589. The van der Waals surface area contributed by atoms with E-state index < -0.39 is 0 Å². The largest absolute Gasteiger partial charge is 0.465 e. The van der Waals surface area contributed by atoms with Gasteiger partial charge >= 0.3 is 5.97 Å². The number of para-hydroxylation sites is 1. The Kier molecular flexibility index (Phi) is 5.39. The number of H-pyrrole nitrogens is 1. The average molecular weight is 288 g/mol. The third-order valence-corrected chi connectivity index (χ3v) is 3.67. The molecule has 0 amide bonds. The van der Waals surface area contributed by atoms with Crippen LogP contribution < -0.4 is 5.32 Å². The molecule has 2 N–H and O–H groups in total. The van der Waals surface area contributed by atoms with Crippen LogP contribution in [0.25, 0.3) is 10.9 Å². The first-order valence-electron chi connectivity index (χ1n) is 7.50. The number of benzene rings is 1. The Morgan fingerprint density at radius 3 is 2.81 bits per heavy atom. The molecule has 0 radical (unpaired) electrons. The molecule has 1 aromatic heterocycles. The Hall–Kier alpha value is -1.81. The number of aromatic nitrogens is 1. The van der Waals surface area contributed by atoms with E-state index in [1.54, 1.807) is 7.05 Å². The summed E-state index contributed by atoms with van der Waals surface area (Å²) in [6.45, 7) is 4.73. The summed E-state index contributed by atoms with van der Waals surface area (Å²) in [5, 5.41) is 4.21. The van der Waals surface area contributed by atoms with Crippen molar-refractivity contribution >= 4 is 16.9 Å². The summed E-state index contributed by atoms with van der Waals surface area (Å²) < 4.78 is 5.36. The molecule has 21 heavy (non-hydrogen) atoms. The van der Waals surface area contributed by atoms with E-state index in [0.29, 0.717) is 18.9 Å². The van der Waals surface area contributed by atoms with Gasteiger partial charge in [-0.25, -0.2) is 0 Å². The number of hydrogen-bond donors (Lipinski definition) is 2. The second-order valence-corrected chi connectivity index (χ2v) is 5.75. The first-order chi connectivity index (χ1) is 10.1. The number of carbonyl (C=O) groups excluding carboxylic acids is 1. The maximum absolute atomic E-state index is 12.1. The topological polar surface area (TPSA) is 54.1 Å². The molecule has 1 unspecified atom stereocenters. The normalized spacial score (nSPS) is 12.8. The quantitative estimate of drug-likeness (QED) is 0.770. The summed E-state index contributed by atoms with van der Waals surface area (Å²) in [7, 11) is 1.79. The standard InChI is InChI=1S/C17H24N2O2/c1-12(2)8-9-21-17(20)16(18-3)10-13-11-19-15-7-5-4-6-14(13)15/h4-7,11-12,16,18-19H,8-10H2,1-3H3. The van der Waals surface area contributed by atoms with Crippen LogP contribution >= 0.6 is 0 Å². The third-order valence-electron chi connectivity index (χ3n) is 3.67. The molecule has 0 aliphatic heterocycles. The minimum Gasteiger partial charge on any atom is -0.465 e. The van der Waals surface area contributed by atoms with E-state index in [1.165, 1.54) is 0 Å². The van der Waals surface area contributed by atoms with Crippen LogP contribution in [-0.4, -0.2) is 30.6 Å². The van der Waals surface area contributed by atoms with E-state index in [4.69, 9.17) is 4.74 Å². The van der Waals surface area contributed by atoms with Gasteiger partial charge in [0.05, 0.1) is 6.61 Å². The van der Waals surface area contributed by atoms with E-state index in [1.807, 2.05) is 24.4 Å². The summed E-state index contributed by atoms with van der Waals surface area (Å²) in [6.07, 6.45) is 3.49. The highest BCUT2D eigenvalue weighted by atomic mass is 16.5. The highest BCUT2D eigenvalue weighted by molar-refractivity contribution is 5.84. The lowest BCUT2D eigenvalue weighted by Gasteiger charge is -2.15. The predicted molar refractivity (Wildman–Crippen MR) is 85.3 cm³/mol. The number of likely N-dealkylation sites (N-methyl/N-ethyl adjacent to an activating group) is 1.